The molecule has 0 unspecified atom stereocenters. The van der Waals surface area contributed by atoms with Gasteiger partial charge >= 0.3 is 0 Å². The Bertz CT molecular complexity index is 593. The molecule has 0 aromatic heterocycles. The molecule has 0 aliphatic rings. The molecule has 0 aliphatic carbocycles. The fraction of sp³-hybridized carbons (Fsp3) is 0.235. The summed E-state index contributed by atoms with van der Waals surface area (Å²) in [5, 5.41) is 12.0. The standard InChI is InChI=1S/C17H19NO3/c1-2-3-12-21-16-7-5-4-6-15(16)17(20)18-13-8-10-14(19)11-9-13/h4-11,19H,2-3,12H2,1H3,(H,18,20). The Hall–Kier alpha value is -2.49. The third-order valence-corrected chi connectivity index (χ3v) is 3.01. The number of phenols is 1. The van der Waals surface area contributed by atoms with E-state index in [0.29, 0.717) is 23.6 Å². The van der Waals surface area contributed by atoms with Gasteiger partial charge in [-0.1, -0.05) is 25.5 Å². The number of ether oxygens (including phenoxy) is 1. The highest BCUT2D eigenvalue weighted by atomic mass is 16.5. The number of nitrogens with one attached hydrogen (secondary N) is 1. The van der Waals surface area contributed by atoms with Crippen molar-refractivity contribution in [1.82, 2.24) is 0 Å². The van der Waals surface area contributed by atoms with Crippen molar-refractivity contribution in [2.75, 3.05) is 11.9 Å². The van der Waals surface area contributed by atoms with Crippen LogP contribution in [0, 0.1) is 0 Å². The van der Waals surface area contributed by atoms with Crippen LogP contribution in [0.15, 0.2) is 48.5 Å². The highest BCUT2D eigenvalue weighted by Gasteiger charge is 2.12. The largest absolute Gasteiger partial charge is 0.508 e. The van der Waals surface area contributed by atoms with Crippen LogP contribution in [0.4, 0.5) is 5.69 Å². The third-order valence-electron chi connectivity index (χ3n) is 3.01. The first-order valence-electron chi connectivity index (χ1n) is 7.03. The van der Waals surface area contributed by atoms with E-state index in [1.165, 1.54) is 12.1 Å². The van der Waals surface area contributed by atoms with Crippen LogP contribution in [-0.4, -0.2) is 17.6 Å². The molecular formula is C17H19NO3. The summed E-state index contributed by atoms with van der Waals surface area (Å²) in [6.45, 7) is 2.69. The van der Waals surface area contributed by atoms with Crippen molar-refractivity contribution < 1.29 is 14.6 Å². The van der Waals surface area contributed by atoms with Gasteiger partial charge in [0.25, 0.3) is 5.91 Å². The van der Waals surface area contributed by atoms with Crippen LogP contribution in [0.3, 0.4) is 0 Å². The van der Waals surface area contributed by atoms with Crippen LogP contribution in [0.1, 0.15) is 30.1 Å². The first-order chi connectivity index (χ1) is 10.2. The van der Waals surface area contributed by atoms with E-state index in [1.807, 2.05) is 6.07 Å². The van der Waals surface area contributed by atoms with Gasteiger partial charge in [0, 0.05) is 5.69 Å². The molecule has 2 aromatic rings. The number of carbonyl (C=O) groups excluding carboxylic acids is 1. The summed E-state index contributed by atoms with van der Waals surface area (Å²) in [7, 11) is 0. The molecule has 0 saturated carbocycles. The van der Waals surface area contributed by atoms with Gasteiger partial charge in [-0.3, -0.25) is 4.79 Å². The summed E-state index contributed by atoms with van der Waals surface area (Å²) in [6, 6.07) is 13.5. The van der Waals surface area contributed by atoms with Crippen molar-refractivity contribution in [3.63, 3.8) is 0 Å². The van der Waals surface area contributed by atoms with Crippen LogP contribution in [0.25, 0.3) is 0 Å². The highest BCUT2D eigenvalue weighted by Crippen LogP contribution is 2.21. The van der Waals surface area contributed by atoms with Gasteiger partial charge in [0.15, 0.2) is 0 Å². The van der Waals surface area contributed by atoms with Crippen molar-refractivity contribution >= 4 is 11.6 Å². The van der Waals surface area contributed by atoms with Gasteiger partial charge < -0.3 is 15.2 Å². The molecule has 0 bridgehead atoms. The molecule has 0 radical (unpaired) electrons. The zero-order chi connectivity index (χ0) is 15.1. The lowest BCUT2D eigenvalue weighted by molar-refractivity contribution is 0.102. The first-order valence-corrected chi connectivity index (χ1v) is 7.03. The van der Waals surface area contributed by atoms with Crippen molar-refractivity contribution in [3.8, 4) is 11.5 Å². The fourth-order valence-corrected chi connectivity index (χ4v) is 1.85. The van der Waals surface area contributed by atoms with Gasteiger partial charge in [0.1, 0.15) is 11.5 Å². The van der Waals surface area contributed by atoms with Crippen molar-refractivity contribution in [2.45, 2.75) is 19.8 Å². The van der Waals surface area contributed by atoms with E-state index in [4.69, 9.17) is 4.74 Å². The van der Waals surface area contributed by atoms with Crippen LogP contribution in [0.5, 0.6) is 11.5 Å². The number of hydrogen-bond donors (Lipinski definition) is 2. The average molecular weight is 285 g/mol. The second-order valence-electron chi connectivity index (χ2n) is 4.70. The molecule has 0 spiro atoms. The molecule has 0 atom stereocenters. The fourth-order valence-electron chi connectivity index (χ4n) is 1.85. The van der Waals surface area contributed by atoms with Crippen molar-refractivity contribution in [3.05, 3.63) is 54.1 Å². The molecular weight excluding hydrogens is 266 g/mol. The normalized spacial score (nSPS) is 10.1. The molecule has 110 valence electrons. The Morgan fingerprint density at radius 1 is 1.14 bits per heavy atom. The van der Waals surface area contributed by atoms with Gasteiger partial charge in [-0.05, 0) is 42.8 Å². The Labute approximate surface area is 124 Å². The number of benzene rings is 2. The van der Waals surface area contributed by atoms with Gasteiger partial charge in [-0.15, -0.1) is 0 Å². The Morgan fingerprint density at radius 2 is 1.86 bits per heavy atom. The number of para-hydroxylation sites is 1. The molecule has 4 nitrogen and oxygen atoms in total. The van der Waals surface area contributed by atoms with E-state index in [0.717, 1.165) is 12.8 Å². The molecule has 1 amide bonds. The minimum atomic E-state index is -0.229. The van der Waals surface area contributed by atoms with Gasteiger partial charge in [0.05, 0.1) is 12.2 Å². The predicted octanol–water partition coefficient (Wildman–Crippen LogP) is 3.82. The molecule has 0 fully saturated rings. The average Bonchev–Trinajstić information content (AvgIpc) is 2.50. The molecule has 2 rings (SSSR count). The lowest BCUT2D eigenvalue weighted by Crippen LogP contribution is -2.13. The van der Waals surface area contributed by atoms with E-state index in [-0.39, 0.29) is 11.7 Å². The molecule has 2 N–H and O–H groups in total. The van der Waals surface area contributed by atoms with E-state index >= 15 is 0 Å². The number of amides is 1. The lowest BCUT2D eigenvalue weighted by Gasteiger charge is -2.11. The Balaban J connectivity index is 2.09. The SMILES string of the molecule is CCCCOc1ccccc1C(=O)Nc1ccc(O)cc1. The van der Waals surface area contributed by atoms with E-state index < -0.39 is 0 Å². The summed E-state index contributed by atoms with van der Waals surface area (Å²) in [5.74, 6) is 0.520. The Morgan fingerprint density at radius 3 is 2.57 bits per heavy atom. The molecule has 2 aromatic carbocycles. The quantitative estimate of drug-likeness (QED) is 0.626. The summed E-state index contributed by atoms with van der Waals surface area (Å²) in [6.07, 6.45) is 2.00. The van der Waals surface area contributed by atoms with Gasteiger partial charge in [-0.2, -0.15) is 0 Å². The smallest absolute Gasteiger partial charge is 0.259 e. The van der Waals surface area contributed by atoms with Crippen LogP contribution < -0.4 is 10.1 Å². The van der Waals surface area contributed by atoms with Gasteiger partial charge in [-0.25, -0.2) is 0 Å². The van der Waals surface area contributed by atoms with E-state index in [1.54, 1.807) is 30.3 Å². The molecule has 21 heavy (non-hydrogen) atoms. The zero-order valence-electron chi connectivity index (χ0n) is 12.0. The number of aromatic hydroxyl groups is 1. The summed E-state index contributed by atoms with van der Waals surface area (Å²) < 4.78 is 5.65. The maximum Gasteiger partial charge on any atom is 0.259 e. The zero-order valence-corrected chi connectivity index (χ0v) is 12.0. The second-order valence-corrected chi connectivity index (χ2v) is 4.70. The lowest BCUT2D eigenvalue weighted by atomic mass is 10.2. The molecule has 0 aliphatic heterocycles. The highest BCUT2D eigenvalue weighted by molar-refractivity contribution is 6.06. The minimum Gasteiger partial charge on any atom is -0.508 e. The maximum absolute atomic E-state index is 12.3. The molecule has 0 saturated heterocycles. The monoisotopic (exact) mass is 285 g/mol. The van der Waals surface area contributed by atoms with Gasteiger partial charge in [0.2, 0.25) is 0 Å². The summed E-state index contributed by atoms with van der Waals surface area (Å²) in [5.41, 5.74) is 1.13. The first kappa shape index (κ1) is 14.9. The van der Waals surface area contributed by atoms with E-state index in [9.17, 15) is 9.90 Å². The summed E-state index contributed by atoms with van der Waals surface area (Å²) >= 11 is 0. The number of anilines is 1. The number of rotatable bonds is 6. The topological polar surface area (TPSA) is 58.6 Å². The van der Waals surface area contributed by atoms with Crippen molar-refractivity contribution in [2.24, 2.45) is 0 Å². The second kappa shape index (κ2) is 7.33. The Kier molecular flexibility index (Phi) is 5.21. The number of carbonyl (C=O) groups is 1. The third kappa shape index (κ3) is 4.24. The predicted molar refractivity (Wildman–Crippen MR) is 82.9 cm³/mol. The number of unbranched alkanes of at least 4 members (excludes halogenated alkanes) is 1. The summed E-state index contributed by atoms with van der Waals surface area (Å²) in [4.78, 5) is 12.3. The van der Waals surface area contributed by atoms with Crippen LogP contribution >= 0.6 is 0 Å². The van der Waals surface area contributed by atoms with Crippen LogP contribution in [0.2, 0.25) is 0 Å². The van der Waals surface area contributed by atoms with Crippen molar-refractivity contribution in [1.29, 1.82) is 0 Å². The minimum absolute atomic E-state index is 0.163. The number of phenolic OH excluding ortho intramolecular Hbond substituents is 1. The number of hydrogen-bond acceptors (Lipinski definition) is 3. The molecule has 0 heterocycles. The molecule has 4 heteroatoms. The van der Waals surface area contributed by atoms with Crippen LogP contribution in [-0.2, 0) is 0 Å². The van der Waals surface area contributed by atoms with E-state index in [2.05, 4.69) is 12.2 Å². The maximum atomic E-state index is 12.3.